The Bertz CT molecular complexity index is 1540. The van der Waals surface area contributed by atoms with E-state index < -0.39 is 32.4 Å². The molecule has 0 saturated heterocycles. The van der Waals surface area contributed by atoms with Gasteiger partial charge in [0.2, 0.25) is 10.0 Å². The van der Waals surface area contributed by atoms with E-state index in [1.165, 1.54) is 0 Å². The Balaban J connectivity index is 1.61. The second-order valence-corrected chi connectivity index (χ2v) is 16.1. The van der Waals surface area contributed by atoms with Gasteiger partial charge in [-0.15, -0.1) is 0 Å². The molecule has 2 aliphatic heterocycles. The van der Waals surface area contributed by atoms with Crippen molar-refractivity contribution in [2.24, 2.45) is 17.8 Å². The number of aryl methyl sites for hydroxylation is 1. The van der Waals surface area contributed by atoms with E-state index in [1.807, 2.05) is 37.3 Å². The zero-order valence-corrected chi connectivity index (χ0v) is 28.6. The zero-order valence-electron chi connectivity index (χ0n) is 27.0. The van der Waals surface area contributed by atoms with Crippen LogP contribution >= 0.6 is 11.6 Å². The van der Waals surface area contributed by atoms with Crippen LogP contribution in [0.15, 0.2) is 48.6 Å². The molecule has 2 bridgehead atoms. The standard InChI is InChI=1S/C35H47ClN2O6S/c1-23-9-8-17-35(43-5,34(3,4)40)30-15-12-27(30)21-38-18-7-6-10-25-19-29(36)14-11-28(25)22-44-32-16-13-26(20-31(32)38)33(39)37-45(41,42)24(23)2/h8,11,13-14,16-17,19-20,23-24,27,30,40H,6-7,9-10,12,15,18,21-22H2,1-5H3,(H,37,39)/b17-8+/t23-,24+,27-,30+,35-/m0/s1. The van der Waals surface area contributed by atoms with Crippen molar-refractivity contribution in [1.29, 1.82) is 0 Å². The molecule has 10 heteroatoms. The van der Waals surface area contributed by atoms with E-state index in [1.54, 1.807) is 46.1 Å². The van der Waals surface area contributed by atoms with Gasteiger partial charge >= 0.3 is 0 Å². The number of amides is 1. The predicted octanol–water partition coefficient (Wildman–Crippen LogP) is 6.29. The number of carbonyl (C=O) groups excluding carboxylic acids is 1. The van der Waals surface area contributed by atoms with Crippen LogP contribution in [0.5, 0.6) is 5.75 Å². The lowest BCUT2D eigenvalue weighted by molar-refractivity contribution is -0.181. The maximum absolute atomic E-state index is 13.4. The average molecular weight is 659 g/mol. The normalized spacial score (nSPS) is 29.9. The summed E-state index contributed by atoms with van der Waals surface area (Å²) in [5, 5.41) is 11.4. The fourth-order valence-electron chi connectivity index (χ4n) is 7.20. The van der Waals surface area contributed by atoms with Crippen LogP contribution in [-0.4, -0.2) is 56.1 Å². The number of aliphatic hydroxyl groups is 1. The van der Waals surface area contributed by atoms with E-state index in [-0.39, 0.29) is 23.3 Å². The number of halogens is 1. The Morgan fingerprint density at radius 3 is 2.58 bits per heavy atom. The zero-order chi connectivity index (χ0) is 32.6. The molecule has 1 fully saturated rings. The van der Waals surface area contributed by atoms with Gasteiger partial charge in [-0.3, -0.25) is 4.79 Å². The summed E-state index contributed by atoms with van der Waals surface area (Å²) >= 11 is 6.34. The van der Waals surface area contributed by atoms with Crippen LogP contribution in [-0.2, 0) is 27.8 Å². The summed E-state index contributed by atoms with van der Waals surface area (Å²) < 4.78 is 41.7. The molecule has 8 nitrogen and oxygen atoms in total. The molecule has 1 aliphatic carbocycles. The van der Waals surface area contributed by atoms with Crippen LogP contribution in [0.2, 0.25) is 5.02 Å². The van der Waals surface area contributed by atoms with Gasteiger partial charge in [0.15, 0.2) is 0 Å². The monoisotopic (exact) mass is 658 g/mol. The Hall–Kier alpha value is -2.59. The van der Waals surface area contributed by atoms with Gasteiger partial charge in [-0.25, -0.2) is 13.1 Å². The first kappa shape index (κ1) is 33.8. The number of sulfonamides is 1. The second-order valence-electron chi connectivity index (χ2n) is 13.6. The predicted molar refractivity (Wildman–Crippen MR) is 178 cm³/mol. The van der Waals surface area contributed by atoms with Gasteiger partial charge in [0.1, 0.15) is 18.0 Å². The molecule has 0 aromatic heterocycles. The highest BCUT2D eigenvalue weighted by molar-refractivity contribution is 7.90. The molecule has 0 unspecified atom stereocenters. The highest BCUT2D eigenvalue weighted by atomic mass is 35.5. The van der Waals surface area contributed by atoms with Gasteiger partial charge in [0, 0.05) is 30.8 Å². The summed E-state index contributed by atoms with van der Waals surface area (Å²) in [7, 11) is -2.33. The first-order valence-corrected chi connectivity index (χ1v) is 18.0. The molecule has 2 aromatic rings. The second kappa shape index (κ2) is 13.3. The summed E-state index contributed by atoms with van der Waals surface area (Å²) in [6, 6.07) is 11.0. The van der Waals surface area contributed by atoms with Crippen LogP contribution in [0.25, 0.3) is 0 Å². The summed E-state index contributed by atoms with van der Waals surface area (Å²) in [6.07, 6.45) is 8.91. The smallest absolute Gasteiger partial charge is 0.264 e. The third-order valence-electron chi connectivity index (χ3n) is 10.4. The molecule has 5 atom stereocenters. The number of carbonyl (C=O) groups is 1. The number of ether oxygens (including phenoxy) is 2. The first-order chi connectivity index (χ1) is 21.3. The molecule has 1 saturated carbocycles. The number of allylic oxidation sites excluding steroid dienone is 1. The quantitative estimate of drug-likeness (QED) is 0.366. The number of benzene rings is 2. The lowest BCUT2D eigenvalue weighted by Gasteiger charge is -2.54. The molecule has 0 spiro atoms. The maximum Gasteiger partial charge on any atom is 0.264 e. The summed E-state index contributed by atoms with van der Waals surface area (Å²) in [6.45, 7) is 8.77. The lowest BCUT2D eigenvalue weighted by Crippen LogP contribution is -2.61. The van der Waals surface area contributed by atoms with E-state index in [2.05, 4.69) is 9.62 Å². The van der Waals surface area contributed by atoms with Crippen molar-refractivity contribution >= 4 is 33.2 Å². The van der Waals surface area contributed by atoms with Crippen LogP contribution in [0, 0.1) is 17.8 Å². The number of hydrogen-bond donors (Lipinski definition) is 2. The third-order valence-corrected chi connectivity index (χ3v) is 12.5. The SMILES string of the molecule is CO[C@@]1(C(C)(C)O)/C=C/C[C@H](C)[C@@H](C)S(=O)(=O)NC(=O)c2ccc3c(c2)N(CCCCc2cc(Cl)ccc2CO3)C[C@@H]2CC[C@H]21. The molecule has 2 aromatic carbocycles. The largest absolute Gasteiger partial charge is 0.487 e. The third kappa shape index (κ3) is 6.92. The van der Waals surface area contributed by atoms with Crippen LogP contribution in [0.1, 0.15) is 81.3 Å². The number of methoxy groups -OCH3 is 1. The molecular formula is C35H47ClN2O6S. The Labute approximate surface area is 273 Å². The number of anilines is 1. The number of hydrogen-bond acceptors (Lipinski definition) is 7. The van der Waals surface area contributed by atoms with Gasteiger partial charge in [-0.2, -0.15) is 0 Å². The summed E-state index contributed by atoms with van der Waals surface area (Å²) in [5.41, 5.74) is 1.08. The molecule has 2 N–H and O–H groups in total. The molecule has 0 radical (unpaired) electrons. The summed E-state index contributed by atoms with van der Waals surface area (Å²) in [5.74, 6) is -0.0880. The van der Waals surface area contributed by atoms with Crippen molar-refractivity contribution in [2.75, 3.05) is 25.1 Å². The van der Waals surface area contributed by atoms with Gasteiger partial charge in [-0.05, 0) is 119 Å². The van der Waals surface area contributed by atoms with Crippen LogP contribution in [0.4, 0.5) is 5.69 Å². The Morgan fingerprint density at radius 1 is 1.11 bits per heavy atom. The Morgan fingerprint density at radius 2 is 1.89 bits per heavy atom. The minimum absolute atomic E-state index is 0.0311. The van der Waals surface area contributed by atoms with Crippen molar-refractivity contribution in [1.82, 2.24) is 4.72 Å². The van der Waals surface area contributed by atoms with Crippen molar-refractivity contribution in [3.05, 3.63) is 70.3 Å². The van der Waals surface area contributed by atoms with Gasteiger partial charge < -0.3 is 19.5 Å². The van der Waals surface area contributed by atoms with E-state index in [0.29, 0.717) is 36.9 Å². The minimum Gasteiger partial charge on any atom is -0.487 e. The van der Waals surface area contributed by atoms with Gasteiger partial charge in [0.05, 0.1) is 16.5 Å². The fourth-order valence-corrected chi connectivity index (χ4v) is 8.68. The highest BCUT2D eigenvalue weighted by Gasteiger charge is 2.54. The van der Waals surface area contributed by atoms with Crippen molar-refractivity contribution < 1.29 is 27.8 Å². The number of rotatable bonds is 2. The molecule has 2 heterocycles. The number of fused-ring (bicyclic) bond motifs is 3. The van der Waals surface area contributed by atoms with Gasteiger partial charge in [0.25, 0.3) is 5.91 Å². The number of nitrogens with zero attached hydrogens (tertiary/aromatic N) is 1. The van der Waals surface area contributed by atoms with E-state index in [9.17, 15) is 18.3 Å². The molecule has 246 valence electrons. The lowest BCUT2D eigenvalue weighted by atomic mass is 9.59. The van der Waals surface area contributed by atoms with Gasteiger partial charge in [-0.1, -0.05) is 36.7 Å². The molecule has 1 amide bonds. The summed E-state index contributed by atoms with van der Waals surface area (Å²) in [4.78, 5) is 15.7. The van der Waals surface area contributed by atoms with E-state index >= 15 is 0 Å². The van der Waals surface area contributed by atoms with E-state index in [4.69, 9.17) is 21.1 Å². The fraction of sp³-hybridized carbons (Fsp3) is 0.571. The minimum atomic E-state index is -3.98. The van der Waals surface area contributed by atoms with Crippen molar-refractivity contribution in [2.45, 2.75) is 89.3 Å². The molecule has 5 rings (SSSR count). The maximum atomic E-state index is 13.4. The average Bonchev–Trinajstić information content (AvgIpc) is 3.00. The van der Waals surface area contributed by atoms with Crippen LogP contribution < -0.4 is 14.4 Å². The molecule has 45 heavy (non-hydrogen) atoms. The van der Waals surface area contributed by atoms with Crippen molar-refractivity contribution in [3.63, 3.8) is 0 Å². The number of nitrogens with one attached hydrogen (secondary N) is 1. The first-order valence-electron chi connectivity index (χ1n) is 16.1. The molecular weight excluding hydrogens is 612 g/mol. The van der Waals surface area contributed by atoms with E-state index in [0.717, 1.165) is 48.9 Å². The molecule has 3 aliphatic rings. The highest BCUT2D eigenvalue weighted by Crippen LogP contribution is 2.50. The topological polar surface area (TPSA) is 105 Å². The Kier molecular flexibility index (Phi) is 9.95. The van der Waals surface area contributed by atoms with Crippen LogP contribution in [0.3, 0.4) is 0 Å². The van der Waals surface area contributed by atoms with Crippen molar-refractivity contribution in [3.8, 4) is 5.75 Å².